The van der Waals surface area contributed by atoms with Crippen LogP contribution in [0.1, 0.15) is 33.2 Å². The first-order valence-corrected chi connectivity index (χ1v) is 13.7. The van der Waals surface area contributed by atoms with Crippen molar-refractivity contribution in [3.8, 4) is 33.4 Å². The van der Waals surface area contributed by atoms with E-state index in [2.05, 4.69) is 106 Å². The van der Waals surface area contributed by atoms with Gasteiger partial charge >= 0.3 is 0 Å². The van der Waals surface area contributed by atoms with Gasteiger partial charge in [-0.1, -0.05) is 148 Å². The SMILES string of the molecule is [2H]c1c([2H])c([2H])c(-c2ccc(-c3ccc4c(-c5ccc6ccccc6c5)c5ccccc5c(C(C)(C)C)c4c3)cc2)c([2H])c1[2H]. The Morgan fingerprint density at radius 1 is 0.450 bits per heavy atom. The Hall–Kier alpha value is -4.68. The second-order valence-corrected chi connectivity index (χ2v) is 11.4. The Labute approximate surface area is 243 Å². The molecule has 0 saturated carbocycles. The Morgan fingerprint density at radius 3 is 1.75 bits per heavy atom. The lowest BCUT2D eigenvalue weighted by Crippen LogP contribution is -2.13. The van der Waals surface area contributed by atoms with Crippen LogP contribution in [0.15, 0.2) is 139 Å². The van der Waals surface area contributed by atoms with Crippen LogP contribution >= 0.6 is 0 Å². The molecule has 0 atom stereocenters. The molecule has 0 aliphatic heterocycles. The molecule has 0 N–H and O–H groups in total. The van der Waals surface area contributed by atoms with Gasteiger partial charge in [-0.25, -0.2) is 0 Å². The highest BCUT2D eigenvalue weighted by Gasteiger charge is 2.24. The predicted molar refractivity (Wildman–Crippen MR) is 174 cm³/mol. The van der Waals surface area contributed by atoms with E-state index in [4.69, 9.17) is 6.85 Å². The summed E-state index contributed by atoms with van der Waals surface area (Å²) in [6.07, 6.45) is 0. The van der Waals surface area contributed by atoms with E-state index in [1.54, 1.807) is 0 Å². The number of rotatable bonds is 3. The van der Waals surface area contributed by atoms with Crippen LogP contribution in [-0.2, 0) is 5.41 Å². The second-order valence-electron chi connectivity index (χ2n) is 11.4. The van der Waals surface area contributed by atoms with Crippen LogP contribution in [0.25, 0.3) is 65.7 Å². The van der Waals surface area contributed by atoms with Gasteiger partial charge in [0.1, 0.15) is 0 Å². The molecule has 0 aliphatic rings. The lowest BCUT2D eigenvalue weighted by Gasteiger charge is -2.26. The van der Waals surface area contributed by atoms with E-state index in [-0.39, 0.29) is 41.2 Å². The van der Waals surface area contributed by atoms with E-state index in [0.717, 1.165) is 11.1 Å². The lowest BCUT2D eigenvalue weighted by atomic mass is 9.77. The zero-order valence-electron chi connectivity index (χ0n) is 27.9. The minimum atomic E-state index is -0.383. The van der Waals surface area contributed by atoms with Crippen LogP contribution < -0.4 is 0 Å². The second kappa shape index (κ2) is 9.50. The number of benzene rings is 7. The summed E-state index contributed by atoms with van der Waals surface area (Å²) >= 11 is 0. The largest absolute Gasteiger partial charge is 0.0629 e. The molecule has 0 unspecified atom stereocenters. The smallest absolute Gasteiger partial charge is 0.0622 e. The molecule has 7 rings (SSSR count). The zero-order chi connectivity index (χ0) is 31.6. The number of hydrogen-bond donors (Lipinski definition) is 0. The first-order valence-electron chi connectivity index (χ1n) is 16.2. The van der Waals surface area contributed by atoms with Gasteiger partial charge in [0.2, 0.25) is 0 Å². The number of hydrogen-bond acceptors (Lipinski definition) is 0. The van der Waals surface area contributed by atoms with Crippen LogP contribution in [0.3, 0.4) is 0 Å². The summed E-state index contributed by atoms with van der Waals surface area (Å²) < 4.78 is 40.9. The Bertz CT molecular complexity index is 2260. The van der Waals surface area contributed by atoms with E-state index in [1.807, 2.05) is 24.3 Å². The van der Waals surface area contributed by atoms with E-state index >= 15 is 0 Å². The molecule has 0 radical (unpaired) electrons. The molecule has 0 heterocycles. The van der Waals surface area contributed by atoms with Crippen molar-refractivity contribution in [1.29, 1.82) is 0 Å². The summed E-state index contributed by atoms with van der Waals surface area (Å²) in [5.74, 6) is 0. The molecule has 0 aliphatic carbocycles. The van der Waals surface area contributed by atoms with Crippen molar-refractivity contribution < 1.29 is 6.85 Å². The summed E-state index contributed by atoms with van der Waals surface area (Å²) in [5, 5.41) is 7.32. The van der Waals surface area contributed by atoms with Crippen molar-refractivity contribution in [2.45, 2.75) is 26.2 Å². The first-order chi connectivity index (χ1) is 21.5. The average Bonchev–Trinajstić information content (AvgIpc) is 3.04. The van der Waals surface area contributed by atoms with Crippen molar-refractivity contribution in [2.75, 3.05) is 0 Å². The van der Waals surface area contributed by atoms with Gasteiger partial charge in [-0.15, -0.1) is 0 Å². The number of fused-ring (bicyclic) bond motifs is 3. The van der Waals surface area contributed by atoms with Gasteiger partial charge < -0.3 is 0 Å². The Balaban J connectivity index is 1.45. The summed E-state index contributed by atoms with van der Waals surface area (Å²) in [4.78, 5) is 0. The highest BCUT2D eigenvalue weighted by molar-refractivity contribution is 6.16. The zero-order valence-corrected chi connectivity index (χ0v) is 22.9. The fraction of sp³-hybridized carbons (Fsp3) is 0.100. The van der Waals surface area contributed by atoms with E-state index in [1.165, 1.54) is 49.0 Å². The van der Waals surface area contributed by atoms with Gasteiger partial charge in [-0.05, 0) is 88.8 Å². The third-order valence-electron chi connectivity index (χ3n) is 7.82. The van der Waals surface area contributed by atoms with Gasteiger partial charge in [0.05, 0.1) is 6.85 Å². The van der Waals surface area contributed by atoms with Crippen molar-refractivity contribution in [3.63, 3.8) is 0 Å². The average molecular weight is 518 g/mol. The lowest BCUT2D eigenvalue weighted by molar-refractivity contribution is 0.601. The maximum atomic E-state index is 8.39. The van der Waals surface area contributed by atoms with Gasteiger partial charge in [0.15, 0.2) is 0 Å². The highest BCUT2D eigenvalue weighted by Crippen LogP contribution is 2.45. The molecule has 0 saturated heterocycles. The van der Waals surface area contributed by atoms with Crippen LogP contribution in [0.4, 0.5) is 0 Å². The molecular weight excluding hydrogens is 480 g/mol. The first kappa shape index (κ1) is 19.4. The summed E-state index contributed by atoms with van der Waals surface area (Å²) in [7, 11) is 0. The highest BCUT2D eigenvalue weighted by atomic mass is 14.3. The van der Waals surface area contributed by atoms with Crippen molar-refractivity contribution in [2.24, 2.45) is 0 Å². The minimum Gasteiger partial charge on any atom is -0.0622 e. The molecule has 7 aromatic carbocycles. The van der Waals surface area contributed by atoms with Crippen molar-refractivity contribution in [1.82, 2.24) is 0 Å². The summed E-state index contributed by atoms with van der Waals surface area (Å²) in [6, 6.07) is 36.8. The van der Waals surface area contributed by atoms with E-state index < -0.39 is 0 Å². The summed E-state index contributed by atoms with van der Waals surface area (Å²) in [6.45, 7) is 6.81. The van der Waals surface area contributed by atoms with Crippen LogP contribution in [-0.4, -0.2) is 0 Å². The molecule has 0 fully saturated rings. The van der Waals surface area contributed by atoms with Gasteiger partial charge in [0, 0.05) is 0 Å². The fourth-order valence-electron chi connectivity index (χ4n) is 6.05. The van der Waals surface area contributed by atoms with E-state index in [0.29, 0.717) is 5.56 Å². The van der Waals surface area contributed by atoms with Crippen molar-refractivity contribution >= 4 is 32.3 Å². The Morgan fingerprint density at radius 2 is 1.02 bits per heavy atom. The molecule has 0 spiro atoms. The third kappa shape index (κ3) is 4.17. The minimum absolute atomic E-state index is 0.122. The molecule has 7 aromatic rings. The standard InChI is InChI=1S/C40H32/c1-40(2,3)39-36-16-10-9-15-34(36)38(33-22-21-28-13-7-8-14-31(28)25-33)35-24-23-32(26-37(35)39)30-19-17-29(18-20-30)27-11-5-4-6-12-27/h4-26H,1-3H3/i4D,5D,6D,11D,12D. The normalized spacial score (nSPS) is 13.6. The van der Waals surface area contributed by atoms with Gasteiger partial charge in [-0.3, -0.25) is 0 Å². The maximum absolute atomic E-state index is 8.39. The van der Waals surface area contributed by atoms with Gasteiger partial charge in [0.25, 0.3) is 0 Å². The quantitative estimate of drug-likeness (QED) is 0.204. The molecule has 0 bridgehead atoms. The molecule has 0 aromatic heterocycles. The molecule has 40 heavy (non-hydrogen) atoms. The Kier molecular flexibility index (Phi) is 4.61. The topological polar surface area (TPSA) is 0 Å². The monoisotopic (exact) mass is 517 g/mol. The van der Waals surface area contributed by atoms with Gasteiger partial charge in [-0.2, -0.15) is 0 Å². The molecule has 192 valence electrons. The predicted octanol–water partition coefficient (Wildman–Crippen LogP) is 11.4. The van der Waals surface area contributed by atoms with Crippen LogP contribution in [0.2, 0.25) is 0 Å². The summed E-state index contributed by atoms with van der Waals surface area (Å²) in [5.41, 5.74) is 6.45. The van der Waals surface area contributed by atoms with Crippen molar-refractivity contribution in [3.05, 3.63) is 145 Å². The molecule has 0 nitrogen and oxygen atoms in total. The van der Waals surface area contributed by atoms with Crippen LogP contribution in [0.5, 0.6) is 0 Å². The van der Waals surface area contributed by atoms with E-state index in [9.17, 15) is 0 Å². The molecular formula is C40H32. The van der Waals surface area contributed by atoms with Crippen LogP contribution in [0, 0.1) is 0 Å². The third-order valence-corrected chi connectivity index (χ3v) is 7.82. The maximum Gasteiger partial charge on any atom is 0.0629 e. The molecule has 0 heteroatoms. The fourth-order valence-corrected chi connectivity index (χ4v) is 6.05. The molecule has 0 amide bonds.